The molecule has 68 valence electrons. The molecule has 1 nitrogen and oxygen atoms in total. The van der Waals surface area contributed by atoms with Gasteiger partial charge in [0.05, 0.1) is 5.25 Å². The molecule has 0 aromatic heterocycles. The zero-order chi connectivity index (χ0) is 9.26. The molecule has 1 aliphatic heterocycles. The van der Waals surface area contributed by atoms with Gasteiger partial charge in [0.15, 0.2) is 0 Å². The number of thioether (sulfide) groups is 1. The molecule has 1 unspecified atom stereocenters. The van der Waals surface area contributed by atoms with Crippen LogP contribution < -0.4 is 5.32 Å². The standard InChI is InChI=1S/C10H11NS2/c1-7-9(13-10(12)11-7)8-5-3-2-4-6-8/h2-7,9H,1H3,(H,11,12)/t7?,9-/m0/s1. The Balaban J connectivity index is 2.23. The van der Waals surface area contributed by atoms with Gasteiger partial charge in [0.2, 0.25) is 0 Å². The van der Waals surface area contributed by atoms with E-state index in [0.717, 1.165) is 4.32 Å². The van der Waals surface area contributed by atoms with E-state index < -0.39 is 0 Å². The predicted molar refractivity (Wildman–Crippen MR) is 62.0 cm³/mol. The molecule has 1 heterocycles. The number of hydrogen-bond acceptors (Lipinski definition) is 2. The summed E-state index contributed by atoms with van der Waals surface area (Å²) in [5.41, 5.74) is 1.35. The average molecular weight is 209 g/mol. The van der Waals surface area contributed by atoms with Crippen LogP contribution in [0.5, 0.6) is 0 Å². The predicted octanol–water partition coefficient (Wildman–Crippen LogP) is 2.74. The minimum absolute atomic E-state index is 0.444. The third kappa shape index (κ3) is 1.86. The van der Waals surface area contributed by atoms with Gasteiger partial charge in [-0.3, -0.25) is 0 Å². The Hall–Kier alpha value is -0.540. The van der Waals surface area contributed by atoms with Crippen LogP contribution in [0.25, 0.3) is 0 Å². The van der Waals surface area contributed by atoms with Gasteiger partial charge >= 0.3 is 0 Å². The van der Waals surface area contributed by atoms with Gasteiger partial charge in [-0.05, 0) is 12.5 Å². The summed E-state index contributed by atoms with van der Waals surface area (Å²) in [7, 11) is 0. The molecule has 2 atom stereocenters. The highest BCUT2D eigenvalue weighted by atomic mass is 32.2. The van der Waals surface area contributed by atoms with Crippen molar-refractivity contribution in [2.75, 3.05) is 0 Å². The van der Waals surface area contributed by atoms with E-state index in [4.69, 9.17) is 12.2 Å². The highest BCUT2D eigenvalue weighted by molar-refractivity contribution is 8.23. The van der Waals surface area contributed by atoms with E-state index in [1.807, 2.05) is 6.07 Å². The molecule has 1 aliphatic rings. The van der Waals surface area contributed by atoms with Gasteiger partial charge in [0.1, 0.15) is 4.32 Å². The van der Waals surface area contributed by atoms with Crippen molar-refractivity contribution in [1.82, 2.24) is 5.32 Å². The van der Waals surface area contributed by atoms with Crippen LogP contribution in [-0.2, 0) is 0 Å². The van der Waals surface area contributed by atoms with Crippen molar-refractivity contribution >= 4 is 28.3 Å². The lowest BCUT2D eigenvalue weighted by Gasteiger charge is -2.12. The first-order valence-electron chi connectivity index (χ1n) is 4.29. The Bertz CT molecular complexity index is 310. The summed E-state index contributed by atoms with van der Waals surface area (Å²) >= 11 is 6.87. The molecule has 0 aliphatic carbocycles. The number of hydrogen-bond donors (Lipinski definition) is 1. The maximum Gasteiger partial charge on any atom is 0.134 e. The van der Waals surface area contributed by atoms with E-state index >= 15 is 0 Å². The van der Waals surface area contributed by atoms with E-state index in [0.29, 0.717) is 11.3 Å². The van der Waals surface area contributed by atoms with Crippen LogP contribution in [-0.4, -0.2) is 10.4 Å². The smallest absolute Gasteiger partial charge is 0.134 e. The Morgan fingerprint density at radius 3 is 2.54 bits per heavy atom. The summed E-state index contributed by atoms with van der Waals surface area (Å²) in [4.78, 5) is 0. The minimum atomic E-state index is 0.444. The van der Waals surface area contributed by atoms with Gasteiger partial charge in [-0.2, -0.15) is 0 Å². The van der Waals surface area contributed by atoms with E-state index in [1.165, 1.54) is 5.56 Å². The van der Waals surface area contributed by atoms with Crippen molar-refractivity contribution in [1.29, 1.82) is 0 Å². The molecular weight excluding hydrogens is 198 g/mol. The SMILES string of the molecule is CC1NC(=S)S[C@@H]1c1ccccc1. The van der Waals surface area contributed by atoms with Crippen LogP contribution in [0.15, 0.2) is 30.3 Å². The molecule has 0 bridgehead atoms. The summed E-state index contributed by atoms with van der Waals surface area (Å²) in [6, 6.07) is 10.9. The van der Waals surface area contributed by atoms with Crippen molar-refractivity contribution in [3.63, 3.8) is 0 Å². The second-order valence-electron chi connectivity index (χ2n) is 3.17. The lowest BCUT2D eigenvalue weighted by molar-refractivity contribution is 0.674. The topological polar surface area (TPSA) is 12.0 Å². The Morgan fingerprint density at radius 1 is 1.31 bits per heavy atom. The highest BCUT2D eigenvalue weighted by Gasteiger charge is 2.28. The van der Waals surface area contributed by atoms with Gasteiger partial charge in [-0.25, -0.2) is 0 Å². The third-order valence-electron chi connectivity index (χ3n) is 2.16. The zero-order valence-corrected chi connectivity index (χ0v) is 8.99. The van der Waals surface area contributed by atoms with Gasteiger partial charge < -0.3 is 5.32 Å². The average Bonchev–Trinajstić information content (AvgIpc) is 2.47. The normalized spacial score (nSPS) is 27.3. The molecule has 1 fully saturated rings. The first-order valence-corrected chi connectivity index (χ1v) is 5.58. The molecule has 0 amide bonds. The fraction of sp³-hybridized carbons (Fsp3) is 0.300. The third-order valence-corrected chi connectivity index (χ3v) is 3.83. The van der Waals surface area contributed by atoms with Gasteiger partial charge in [0, 0.05) is 6.04 Å². The summed E-state index contributed by atoms with van der Waals surface area (Å²) < 4.78 is 0.918. The maximum absolute atomic E-state index is 5.12. The minimum Gasteiger partial charge on any atom is -0.367 e. The molecular formula is C10H11NS2. The Labute approximate surface area is 87.9 Å². The summed E-state index contributed by atoms with van der Waals surface area (Å²) in [5, 5.41) is 3.74. The molecule has 0 spiro atoms. The largest absolute Gasteiger partial charge is 0.367 e. The summed E-state index contributed by atoms with van der Waals surface area (Å²) in [5.74, 6) is 0. The quantitative estimate of drug-likeness (QED) is 0.714. The number of benzene rings is 1. The number of nitrogens with one attached hydrogen (secondary N) is 1. The second-order valence-corrected chi connectivity index (χ2v) is 4.99. The Morgan fingerprint density at radius 2 is 2.00 bits per heavy atom. The number of rotatable bonds is 1. The first kappa shape index (κ1) is 9.03. The molecule has 0 saturated carbocycles. The molecule has 13 heavy (non-hydrogen) atoms. The van der Waals surface area contributed by atoms with Crippen LogP contribution in [0, 0.1) is 0 Å². The van der Waals surface area contributed by atoms with E-state index in [2.05, 4.69) is 36.5 Å². The molecule has 3 heteroatoms. The van der Waals surface area contributed by atoms with Crippen LogP contribution in [0.3, 0.4) is 0 Å². The zero-order valence-electron chi connectivity index (χ0n) is 7.36. The van der Waals surface area contributed by atoms with Crippen molar-refractivity contribution < 1.29 is 0 Å². The van der Waals surface area contributed by atoms with Crippen molar-refractivity contribution in [2.45, 2.75) is 18.2 Å². The van der Waals surface area contributed by atoms with Gasteiger partial charge in [-0.1, -0.05) is 54.3 Å². The van der Waals surface area contributed by atoms with Crippen LogP contribution in [0.2, 0.25) is 0 Å². The van der Waals surface area contributed by atoms with Gasteiger partial charge in [-0.15, -0.1) is 0 Å². The molecule has 1 aromatic rings. The lowest BCUT2D eigenvalue weighted by Crippen LogP contribution is -2.23. The maximum atomic E-state index is 5.12. The van der Waals surface area contributed by atoms with Crippen molar-refractivity contribution in [3.05, 3.63) is 35.9 Å². The molecule has 0 radical (unpaired) electrons. The lowest BCUT2D eigenvalue weighted by atomic mass is 10.1. The molecule has 1 saturated heterocycles. The van der Waals surface area contributed by atoms with Crippen molar-refractivity contribution in [3.8, 4) is 0 Å². The fourth-order valence-corrected chi connectivity index (χ4v) is 3.06. The van der Waals surface area contributed by atoms with E-state index in [1.54, 1.807) is 11.8 Å². The summed E-state index contributed by atoms with van der Waals surface area (Å²) in [6.45, 7) is 2.17. The molecule has 2 rings (SSSR count). The molecule has 1 N–H and O–H groups in total. The second kappa shape index (κ2) is 3.68. The summed E-state index contributed by atoms with van der Waals surface area (Å²) in [6.07, 6.45) is 0. The van der Waals surface area contributed by atoms with Crippen LogP contribution in [0.1, 0.15) is 17.7 Å². The molecule has 1 aromatic carbocycles. The fourth-order valence-electron chi connectivity index (χ4n) is 1.51. The van der Waals surface area contributed by atoms with E-state index in [9.17, 15) is 0 Å². The van der Waals surface area contributed by atoms with Crippen molar-refractivity contribution in [2.24, 2.45) is 0 Å². The first-order chi connectivity index (χ1) is 6.27. The van der Waals surface area contributed by atoms with E-state index in [-0.39, 0.29) is 0 Å². The highest BCUT2D eigenvalue weighted by Crippen LogP contribution is 2.37. The van der Waals surface area contributed by atoms with Crippen LogP contribution in [0.4, 0.5) is 0 Å². The Kier molecular flexibility index (Phi) is 2.56. The van der Waals surface area contributed by atoms with Gasteiger partial charge in [0.25, 0.3) is 0 Å². The van der Waals surface area contributed by atoms with Crippen LogP contribution >= 0.6 is 24.0 Å². The number of thiocarbonyl (C=S) groups is 1. The monoisotopic (exact) mass is 209 g/mol.